The maximum atomic E-state index is 12.4. The zero-order chi connectivity index (χ0) is 20.0. The molecule has 0 atom stereocenters. The molecule has 0 saturated carbocycles. The molecule has 5 nitrogen and oxygen atoms in total. The molecule has 0 aliphatic rings. The lowest BCUT2D eigenvalue weighted by molar-refractivity contribution is -0.117. The van der Waals surface area contributed by atoms with Crippen LogP contribution in [0.3, 0.4) is 0 Å². The smallest absolute Gasteiger partial charge is 0.339 e. The minimum absolute atomic E-state index is 0.0288. The molecule has 142 valence electrons. The Hall–Kier alpha value is -2.14. The van der Waals surface area contributed by atoms with Gasteiger partial charge < -0.3 is 9.84 Å². The number of carbonyl (C=O) groups excluding carboxylic acids is 2. The second kappa shape index (κ2) is 9.53. The molecule has 0 saturated heterocycles. The average Bonchev–Trinajstić information content (AvgIpc) is 2.54. The summed E-state index contributed by atoms with van der Waals surface area (Å²) in [6, 6.07) is 4.80. The Morgan fingerprint density at radius 3 is 2.23 bits per heavy atom. The van der Waals surface area contributed by atoms with Gasteiger partial charge in [0, 0.05) is 18.1 Å². The maximum Gasteiger partial charge on any atom is 0.339 e. The number of nitrogens with zero attached hydrogens (tertiary/aromatic N) is 1. The number of halogens is 1. The number of allylic oxidation sites excluding steroid dienone is 2. The monoisotopic (exact) mass is 379 g/mol. The lowest BCUT2D eigenvalue weighted by Gasteiger charge is -2.12. The SMILES string of the molecule is CC(C)OC(=O)c1cccc(N=CC(C(=O)C(C)C)=C(O)C(C)C)c1Cl. The molecule has 0 aliphatic carbocycles. The summed E-state index contributed by atoms with van der Waals surface area (Å²) in [5.74, 6) is -1.30. The number of hydrogen-bond donors (Lipinski definition) is 1. The molecule has 1 rings (SSSR count). The largest absolute Gasteiger partial charge is 0.511 e. The van der Waals surface area contributed by atoms with Crippen LogP contribution in [0, 0.1) is 11.8 Å². The molecule has 1 aromatic rings. The number of hydrogen-bond acceptors (Lipinski definition) is 5. The molecule has 26 heavy (non-hydrogen) atoms. The highest BCUT2D eigenvalue weighted by atomic mass is 35.5. The molecular weight excluding hydrogens is 354 g/mol. The van der Waals surface area contributed by atoms with Crippen LogP contribution in [0.15, 0.2) is 34.5 Å². The van der Waals surface area contributed by atoms with E-state index in [-0.39, 0.29) is 45.6 Å². The highest BCUT2D eigenvalue weighted by Gasteiger charge is 2.20. The summed E-state index contributed by atoms with van der Waals surface area (Å²) in [6.45, 7) is 10.6. The Morgan fingerprint density at radius 1 is 1.12 bits per heavy atom. The number of Topliss-reactive ketones (excluding diaryl/α,β-unsaturated/α-hetero) is 1. The van der Waals surface area contributed by atoms with E-state index in [4.69, 9.17) is 16.3 Å². The van der Waals surface area contributed by atoms with Crippen molar-refractivity contribution < 1.29 is 19.4 Å². The number of ketones is 1. The standard InChI is InChI=1S/C20H26ClNO4/c1-11(2)18(23)15(19(24)12(3)4)10-22-16-9-7-8-14(17(16)21)20(25)26-13(5)6/h7-13,23H,1-6H3. The first-order valence-electron chi connectivity index (χ1n) is 8.57. The second-order valence-corrected chi connectivity index (χ2v) is 7.20. The van der Waals surface area contributed by atoms with Crippen molar-refractivity contribution in [1.29, 1.82) is 0 Å². The predicted molar refractivity (Wildman–Crippen MR) is 104 cm³/mol. The first-order valence-corrected chi connectivity index (χ1v) is 8.94. The van der Waals surface area contributed by atoms with Crippen LogP contribution in [0.25, 0.3) is 0 Å². The summed E-state index contributed by atoms with van der Waals surface area (Å²) >= 11 is 6.28. The molecule has 0 aliphatic heterocycles. The summed E-state index contributed by atoms with van der Waals surface area (Å²) in [4.78, 5) is 28.7. The number of aliphatic imine (C=N–C) groups is 1. The van der Waals surface area contributed by atoms with Gasteiger partial charge in [0.15, 0.2) is 5.78 Å². The number of esters is 1. The molecule has 0 fully saturated rings. The van der Waals surface area contributed by atoms with Crippen molar-refractivity contribution in [3.63, 3.8) is 0 Å². The van der Waals surface area contributed by atoms with Crippen molar-refractivity contribution in [2.45, 2.75) is 47.6 Å². The van der Waals surface area contributed by atoms with Crippen molar-refractivity contribution in [1.82, 2.24) is 0 Å². The van der Waals surface area contributed by atoms with E-state index in [0.29, 0.717) is 5.69 Å². The Bertz CT molecular complexity index is 733. The zero-order valence-electron chi connectivity index (χ0n) is 16.0. The first kappa shape index (κ1) is 21.9. The van der Waals surface area contributed by atoms with Crippen LogP contribution >= 0.6 is 11.6 Å². The molecule has 0 amide bonds. The fraction of sp³-hybridized carbons (Fsp3) is 0.450. The number of carbonyl (C=O) groups is 2. The van der Waals surface area contributed by atoms with Crippen LogP contribution in [-0.4, -0.2) is 29.2 Å². The molecule has 1 aromatic carbocycles. The van der Waals surface area contributed by atoms with Crippen molar-refractivity contribution >= 4 is 35.3 Å². The second-order valence-electron chi connectivity index (χ2n) is 6.82. The summed E-state index contributed by atoms with van der Waals surface area (Å²) in [6.07, 6.45) is 1.03. The lowest BCUT2D eigenvalue weighted by atomic mass is 9.97. The van der Waals surface area contributed by atoms with Crippen LogP contribution < -0.4 is 0 Å². The number of aliphatic hydroxyl groups excluding tert-OH is 1. The third-order valence-electron chi connectivity index (χ3n) is 3.49. The van der Waals surface area contributed by atoms with Gasteiger partial charge in [-0.25, -0.2) is 4.79 Å². The van der Waals surface area contributed by atoms with Gasteiger partial charge in [-0.3, -0.25) is 9.79 Å². The molecular formula is C20H26ClNO4. The van der Waals surface area contributed by atoms with Crippen molar-refractivity contribution in [3.8, 4) is 0 Å². The average molecular weight is 380 g/mol. The highest BCUT2D eigenvalue weighted by Crippen LogP contribution is 2.29. The summed E-state index contributed by atoms with van der Waals surface area (Å²) in [5.41, 5.74) is 0.653. The number of ether oxygens (including phenoxy) is 1. The van der Waals surface area contributed by atoms with Gasteiger partial charge in [-0.15, -0.1) is 0 Å². The van der Waals surface area contributed by atoms with Gasteiger partial charge in [-0.2, -0.15) is 0 Å². The fourth-order valence-corrected chi connectivity index (χ4v) is 2.32. The third kappa shape index (κ3) is 5.70. The molecule has 6 heteroatoms. The van der Waals surface area contributed by atoms with Gasteiger partial charge in [0.1, 0.15) is 5.76 Å². The quantitative estimate of drug-likeness (QED) is 0.302. The third-order valence-corrected chi connectivity index (χ3v) is 3.88. The minimum atomic E-state index is -0.541. The normalized spacial score (nSPS) is 12.8. The molecule has 1 N–H and O–H groups in total. The summed E-state index contributed by atoms with van der Waals surface area (Å²) in [7, 11) is 0. The number of benzene rings is 1. The fourth-order valence-electron chi connectivity index (χ4n) is 2.07. The Balaban J connectivity index is 3.29. The lowest BCUT2D eigenvalue weighted by Crippen LogP contribution is -2.15. The van der Waals surface area contributed by atoms with Crippen LogP contribution in [0.4, 0.5) is 5.69 Å². The van der Waals surface area contributed by atoms with Crippen LogP contribution in [0.1, 0.15) is 51.9 Å². The van der Waals surface area contributed by atoms with Gasteiger partial charge >= 0.3 is 5.97 Å². The molecule has 0 radical (unpaired) electrons. The van der Waals surface area contributed by atoms with Crippen molar-refractivity contribution in [3.05, 3.63) is 40.1 Å². The van der Waals surface area contributed by atoms with E-state index in [1.54, 1.807) is 59.7 Å². The summed E-state index contributed by atoms with van der Waals surface area (Å²) in [5, 5.41) is 10.4. The van der Waals surface area contributed by atoms with Gasteiger partial charge in [-0.1, -0.05) is 45.4 Å². The highest BCUT2D eigenvalue weighted by molar-refractivity contribution is 6.36. The molecule has 0 spiro atoms. The minimum Gasteiger partial charge on any atom is -0.511 e. The molecule has 0 aromatic heterocycles. The Morgan fingerprint density at radius 2 is 1.73 bits per heavy atom. The van der Waals surface area contributed by atoms with Crippen LogP contribution in [-0.2, 0) is 9.53 Å². The topological polar surface area (TPSA) is 76.0 Å². The van der Waals surface area contributed by atoms with E-state index in [2.05, 4.69) is 4.99 Å². The first-order chi connectivity index (χ1) is 12.1. The van der Waals surface area contributed by atoms with E-state index >= 15 is 0 Å². The van der Waals surface area contributed by atoms with Gasteiger partial charge in [0.2, 0.25) is 0 Å². The van der Waals surface area contributed by atoms with Gasteiger partial charge in [-0.05, 0) is 26.0 Å². The van der Waals surface area contributed by atoms with Gasteiger partial charge in [0.25, 0.3) is 0 Å². The molecule has 0 heterocycles. The van der Waals surface area contributed by atoms with E-state index in [1.165, 1.54) is 6.21 Å². The Kier molecular flexibility index (Phi) is 8.03. The van der Waals surface area contributed by atoms with E-state index in [0.717, 1.165) is 0 Å². The maximum absolute atomic E-state index is 12.4. The predicted octanol–water partition coefficient (Wildman–Crippen LogP) is 5.30. The molecule has 0 bridgehead atoms. The van der Waals surface area contributed by atoms with Crippen LogP contribution in [0.2, 0.25) is 5.02 Å². The van der Waals surface area contributed by atoms with Gasteiger partial charge in [0.05, 0.1) is 28.0 Å². The molecule has 0 unspecified atom stereocenters. The number of rotatable bonds is 7. The number of aliphatic hydroxyl groups is 1. The van der Waals surface area contributed by atoms with E-state index in [9.17, 15) is 14.7 Å². The zero-order valence-corrected chi connectivity index (χ0v) is 16.8. The van der Waals surface area contributed by atoms with Crippen molar-refractivity contribution in [2.75, 3.05) is 0 Å². The Labute approximate surface area is 159 Å². The van der Waals surface area contributed by atoms with E-state index in [1.807, 2.05) is 0 Å². The van der Waals surface area contributed by atoms with Crippen LogP contribution in [0.5, 0.6) is 0 Å². The van der Waals surface area contributed by atoms with Crippen molar-refractivity contribution in [2.24, 2.45) is 16.8 Å². The summed E-state index contributed by atoms with van der Waals surface area (Å²) < 4.78 is 5.16. The van der Waals surface area contributed by atoms with E-state index < -0.39 is 5.97 Å².